The minimum atomic E-state index is -5.28. The van der Waals surface area contributed by atoms with E-state index in [-0.39, 0.29) is 11.3 Å². The van der Waals surface area contributed by atoms with Crippen LogP contribution in [0, 0.1) is 0 Å². The van der Waals surface area contributed by atoms with E-state index in [0.717, 1.165) is 11.1 Å². The van der Waals surface area contributed by atoms with E-state index in [1.165, 1.54) is 12.1 Å². The molecule has 5 aromatic rings. The fourth-order valence-corrected chi connectivity index (χ4v) is 4.53. The van der Waals surface area contributed by atoms with Gasteiger partial charge in [0, 0.05) is 17.4 Å². The number of carbonyl (C=O) groups excluding carboxylic acids is 1. The number of fused-ring (bicyclic) bond motifs is 1. The third kappa shape index (κ3) is 6.13. The highest BCUT2D eigenvalue weighted by molar-refractivity contribution is 7.81. The second-order valence-corrected chi connectivity index (χ2v) is 10.9. The number of nitrogens with zero attached hydrogens (tertiary/aromatic N) is 2. The standard InChI is InChI=1S/C30H26FN3O5S/c1-30(2,3)38-29(35)21-13-15-23(16-14-21)32-28-27(24-11-7-8-12-25(24)39-40(31,36)37)33-26-19-22(17-18-34(26)28)20-9-5-4-6-10-20/h4-19,32H,1-3H3. The Balaban J connectivity index is 1.60. The number of para-hydroxylation sites is 1. The van der Waals surface area contributed by atoms with Gasteiger partial charge in [0.15, 0.2) is 5.75 Å². The molecule has 0 saturated heterocycles. The summed E-state index contributed by atoms with van der Waals surface area (Å²) >= 11 is 0. The maximum absolute atomic E-state index is 13.5. The fourth-order valence-electron chi connectivity index (χ4n) is 4.17. The van der Waals surface area contributed by atoms with Gasteiger partial charge in [-0.25, -0.2) is 9.78 Å². The molecule has 10 heteroatoms. The molecule has 1 N–H and O–H groups in total. The molecule has 0 aliphatic heterocycles. The molecule has 2 heterocycles. The third-order valence-electron chi connectivity index (χ3n) is 5.85. The van der Waals surface area contributed by atoms with Gasteiger partial charge in [-0.3, -0.25) is 4.40 Å². The predicted molar refractivity (Wildman–Crippen MR) is 152 cm³/mol. The van der Waals surface area contributed by atoms with Crippen LogP contribution in [-0.2, 0) is 15.2 Å². The Morgan fingerprint density at radius 3 is 2.25 bits per heavy atom. The molecule has 0 aliphatic rings. The van der Waals surface area contributed by atoms with Crippen LogP contribution in [0.4, 0.5) is 15.4 Å². The molecule has 2 aromatic heterocycles. The molecule has 0 fully saturated rings. The topological polar surface area (TPSA) is 99.0 Å². The molecule has 0 atom stereocenters. The number of carbonyl (C=O) groups is 1. The van der Waals surface area contributed by atoms with Crippen molar-refractivity contribution in [2.45, 2.75) is 26.4 Å². The van der Waals surface area contributed by atoms with Gasteiger partial charge in [-0.15, -0.1) is 0 Å². The number of aromatic nitrogens is 2. The van der Waals surface area contributed by atoms with Crippen molar-refractivity contribution in [3.8, 4) is 28.1 Å². The van der Waals surface area contributed by atoms with E-state index in [1.54, 1.807) is 61.6 Å². The van der Waals surface area contributed by atoms with Crippen LogP contribution >= 0.6 is 0 Å². The molecule has 0 radical (unpaired) electrons. The number of nitrogens with one attached hydrogen (secondary N) is 1. The zero-order valence-corrected chi connectivity index (χ0v) is 22.8. The number of anilines is 2. The molecule has 0 aliphatic carbocycles. The molecule has 0 amide bonds. The van der Waals surface area contributed by atoms with Crippen molar-refractivity contribution >= 4 is 33.6 Å². The van der Waals surface area contributed by atoms with Gasteiger partial charge in [0.1, 0.15) is 22.8 Å². The summed E-state index contributed by atoms with van der Waals surface area (Å²) in [4.78, 5) is 17.2. The minimum absolute atomic E-state index is 0.208. The first-order chi connectivity index (χ1) is 19.0. The summed E-state index contributed by atoms with van der Waals surface area (Å²) in [7, 11) is -5.28. The maximum atomic E-state index is 13.5. The van der Waals surface area contributed by atoms with Gasteiger partial charge in [0.05, 0.1) is 5.56 Å². The molecular formula is C30H26FN3O5S. The molecular weight excluding hydrogens is 533 g/mol. The van der Waals surface area contributed by atoms with Gasteiger partial charge in [-0.1, -0.05) is 46.4 Å². The van der Waals surface area contributed by atoms with Crippen molar-refractivity contribution < 1.29 is 26.0 Å². The summed E-state index contributed by atoms with van der Waals surface area (Å²) in [6.45, 7) is 5.39. The SMILES string of the molecule is CC(C)(C)OC(=O)c1ccc(Nc2c(-c3ccccc3OS(=O)(=O)F)nc3cc(-c4ccccc4)ccn23)cc1. The second kappa shape index (κ2) is 10.5. The van der Waals surface area contributed by atoms with Gasteiger partial charge in [0.25, 0.3) is 0 Å². The summed E-state index contributed by atoms with van der Waals surface area (Å²) in [5.74, 6) is -0.173. The number of rotatable bonds is 7. The van der Waals surface area contributed by atoms with Crippen LogP contribution < -0.4 is 9.50 Å². The van der Waals surface area contributed by atoms with E-state index < -0.39 is 22.1 Å². The fraction of sp³-hybridized carbons (Fsp3) is 0.133. The highest BCUT2D eigenvalue weighted by Crippen LogP contribution is 2.38. The molecule has 40 heavy (non-hydrogen) atoms. The summed E-state index contributed by atoms with van der Waals surface area (Å²) in [6.07, 6.45) is 1.83. The molecule has 8 nitrogen and oxygen atoms in total. The number of hydrogen-bond acceptors (Lipinski definition) is 7. The molecule has 204 valence electrons. The van der Waals surface area contributed by atoms with E-state index in [0.29, 0.717) is 28.4 Å². The molecule has 0 saturated carbocycles. The van der Waals surface area contributed by atoms with Crippen LogP contribution in [0.15, 0.2) is 97.2 Å². The summed E-state index contributed by atoms with van der Waals surface area (Å²) in [6, 6.07) is 26.5. The van der Waals surface area contributed by atoms with Crippen LogP contribution in [0.25, 0.3) is 28.0 Å². The average molecular weight is 560 g/mol. The van der Waals surface area contributed by atoms with E-state index in [9.17, 15) is 17.1 Å². The largest absolute Gasteiger partial charge is 0.488 e. The Hall–Kier alpha value is -4.70. The Morgan fingerprint density at radius 2 is 1.57 bits per heavy atom. The van der Waals surface area contributed by atoms with Crippen molar-refractivity contribution in [2.75, 3.05) is 5.32 Å². The van der Waals surface area contributed by atoms with Gasteiger partial charge >= 0.3 is 16.5 Å². The second-order valence-electron chi connectivity index (χ2n) is 10.00. The lowest BCUT2D eigenvalue weighted by Gasteiger charge is -2.19. The van der Waals surface area contributed by atoms with E-state index in [4.69, 9.17) is 9.72 Å². The smallest absolute Gasteiger partial charge is 0.456 e. The lowest BCUT2D eigenvalue weighted by Crippen LogP contribution is -2.23. The van der Waals surface area contributed by atoms with Crippen molar-refractivity contribution in [3.63, 3.8) is 0 Å². The van der Waals surface area contributed by atoms with E-state index >= 15 is 0 Å². The van der Waals surface area contributed by atoms with Crippen LogP contribution in [0.1, 0.15) is 31.1 Å². The van der Waals surface area contributed by atoms with Crippen LogP contribution in [0.3, 0.4) is 0 Å². The van der Waals surface area contributed by atoms with Crippen LogP contribution in [-0.4, -0.2) is 29.4 Å². The monoisotopic (exact) mass is 559 g/mol. The van der Waals surface area contributed by atoms with Crippen molar-refractivity contribution in [1.29, 1.82) is 0 Å². The predicted octanol–water partition coefficient (Wildman–Crippen LogP) is 6.96. The zero-order chi connectivity index (χ0) is 28.5. The minimum Gasteiger partial charge on any atom is -0.456 e. The van der Waals surface area contributed by atoms with Gasteiger partial charge < -0.3 is 14.2 Å². The average Bonchev–Trinajstić information content (AvgIpc) is 3.25. The Morgan fingerprint density at radius 1 is 0.900 bits per heavy atom. The summed E-state index contributed by atoms with van der Waals surface area (Å²) < 4.78 is 48.1. The molecule has 0 spiro atoms. The van der Waals surface area contributed by atoms with Crippen molar-refractivity contribution in [1.82, 2.24) is 9.38 Å². The first-order valence-electron chi connectivity index (χ1n) is 12.4. The first-order valence-corrected chi connectivity index (χ1v) is 13.7. The van der Waals surface area contributed by atoms with E-state index in [2.05, 4.69) is 9.50 Å². The lowest BCUT2D eigenvalue weighted by atomic mass is 10.1. The third-order valence-corrected chi connectivity index (χ3v) is 6.23. The van der Waals surface area contributed by atoms with Gasteiger partial charge in [-0.2, -0.15) is 8.42 Å². The number of benzene rings is 3. The first kappa shape index (κ1) is 26.9. The zero-order valence-electron chi connectivity index (χ0n) is 22.0. The van der Waals surface area contributed by atoms with Gasteiger partial charge in [-0.05, 0) is 80.4 Å². The molecule has 0 bridgehead atoms. The van der Waals surface area contributed by atoms with Crippen LogP contribution in [0.2, 0.25) is 0 Å². The Bertz CT molecular complexity index is 1800. The van der Waals surface area contributed by atoms with Crippen LogP contribution in [0.5, 0.6) is 5.75 Å². The quantitative estimate of drug-likeness (QED) is 0.170. The lowest BCUT2D eigenvalue weighted by molar-refractivity contribution is 0.00695. The number of hydrogen-bond donors (Lipinski definition) is 1. The van der Waals surface area contributed by atoms with Gasteiger partial charge in [0.2, 0.25) is 0 Å². The molecule has 5 rings (SSSR count). The number of pyridine rings is 1. The number of esters is 1. The number of imidazole rings is 1. The Kier molecular flexibility index (Phi) is 7.03. The Labute approximate surface area is 231 Å². The number of ether oxygens (including phenoxy) is 1. The van der Waals surface area contributed by atoms with E-state index in [1.807, 2.05) is 48.7 Å². The summed E-state index contributed by atoms with van der Waals surface area (Å²) in [5.41, 5.74) is 3.46. The highest BCUT2D eigenvalue weighted by Gasteiger charge is 2.22. The van der Waals surface area contributed by atoms with Crippen molar-refractivity contribution in [3.05, 3.63) is 103 Å². The summed E-state index contributed by atoms with van der Waals surface area (Å²) in [5, 5.41) is 3.31. The number of halogens is 1. The van der Waals surface area contributed by atoms with Crippen molar-refractivity contribution in [2.24, 2.45) is 0 Å². The normalized spacial score (nSPS) is 11.8. The molecule has 3 aromatic carbocycles. The highest BCUT2D eigenvalue weighted by atomic mass is 32.3. The molecule has 0 unspecified atom stereocenters. The maximum Gasteiger partial charge on any atom is 0.488 e.